The summed E-state index contributed by atoms with van der Waals surface area (Å²) in [6.45, 7) is 6.27. The molecule has 0 saturated heterocycles. The molecule has 0 spiro atoms. The molecule has 0 aliphatic heterocycles. The van der Waals surface area contributed by atoms with E-state index in [2.05, 4.69) is 142 Å². The molecule has 0 rings (SSSR count). The van der Waals surface area contributed by atoms with Gasteiger partial charge in [-0.15, -0.1) is 0 Å². The standard InChI is InChI=1S/C58H92O6/c1-4-7-10-13-16-19-22-24-25-26-27-28-29-30-31-32-33-35-36-39-42-45-48-51-57(60)63-54-55(53-62-56(59)50-47-44-41-38-21-18-15-12-9-6-3)64-58(61)52-49-46-43-40-37-34-23-20-17-14-11-8-5-2/h7-8,10-12,15-17,19-20,24-25,27-28,30-31,33-35,37,55H,4-6,9,13-14,18,21-23,26,29,32,36,38-54H2,1-3H3/b10-7-,11-8-,15-12-,19-16-,20-17-,25-24-,28-27-,31-30-,35-33-,37-34-. The van der Waals surface area contributed by atoms with E-state index in [0.717, 1.165) is 154 Å². The first kappa shape index (κ1) is 59.8. The molecule has 0 bridgehead atoms. The fourth-order valence-electron chi connectivity index (χ4n) is 6.40. The summed E-state index contributed by atoms with van der Waals surface area (Å²) in [6.07, 6.45) is 70.5. The summed E-state index contributed by atoms with van der Waals surface area (Å²) < 4.78 is 16.7. The molecule has 0 N–H and O–H groups in total. The van der Waals surface area contributed by atoms with Crippen molar-refractivity contribution in [2.45, 2.75) is 213 Å². The normalized spacial score (nSPS) is 13.1. The number of unbranched alkanes of at least 4 members (excludes halogenated alkanes) is 13. The van der Waals surface area contributed by atoms with E-state index < -0.39 is 6.10 Å². The fraction of sp³-hybridized carbons (Fsp3) is 0.603. The predicted molar refractivity (Wildman–Crippen MR) is 274 cm³/mol. The van der Waals surface area contributed by atoms with Gasteiger partial charge in [0, 0.05) is 19.3 Å². The molecule has 0 heterocycles. The minimum Gasteiger partial charge on any atom is -0.462 e. The van der Waals surface area contributed by atoms with Crippen molar-refractivity contribution in [1.82, 2.24) is 0 Å². The zero-order chi connectivity index (χ0) is 46.5. The lowest BCUT2D eigenvalue weighted by atomic mass is 10.1. The summed E-state index contributed by atoms with van der Waals surface area (Å²) in [5.74, 6) is -0.982. The van der Waals surface area contributed by atoms with Crippen LogP contribution in [0.4, 0.5) is 0 Å². The maximum absolute atomic E-state index is 12.8. The number of carbonyl (C=O) groups is 3. The second-order valence-electron chi connectivity index (χ2n) is 16.3. The van der Waals surface area contributed by atoms with E-state index in [1.807, 2.05) is 0 Å². The quantitative estimate of drug-likeness (QED) is 0.0262. The largest absolute Gasteiger partial charge is 0.462 e. The number of hydrogen-bond donors (Lipinski definition) is 0. The minimum atomic E-state index is -0.809. The Morgan fingerprint density at radius 3 is 0.984 bits per heavy atom. The molecule has 0 amide bonds. The van der Waals surface area contributed by atoms with Crippen LogP contribution in [0.5, 0.6) is 0 Å². The second kappa shape index (κ2) is 51.4. The zero-order valence-corrected chi connectivity index (χ0v) is 41.0. The van der Waals surface area contributed by atoms with Gasteiger partial charge < -0.3 is 14.2 Å². The van der Waals surface area contributed by atoms with Gasteiger partial charge in [-0.25, -0.2) is 0 Å². The van der Waals surface area contributed by atoms with Crippen LogP contribution in [0.15, 0.2) is 122 Å². The lowest BCUT2D eigenvalue weighted by Gasteiger charge is -2.18. The smallest absolute Gasteiger partial charge is 0.306 e. The Hall–Kier alpha value is -4.19. The zero-order valence-electron chi connectivity index (χ0n) is 41.0. The average molecular weight is 885 g/mol. The van der Waals surface area contributed by atoms with Gasteiger partial charge in [0.25, 0.3) is 0 Å². The fourth-order valence-corrected chi connectivity index (χ4v) is 6.40. The maximum atomic E-state index is 12.8. The highest BCUT2D eigenvalue weighted by atomic mass is 16.6. The predicted octanol–water partition coefficient (Wildman–Crippen LogP) is 16.9. The van der Waals surface area contributed by atoms with Gasteiger partial charge in [-0.2, -0.15) is 0 Å². The molecule has 0 aromatic rings. The van der Waals surface area contributed by atoms with Gasteiger partial charge in [-0.05, 0) is 122 Å². The highest BCUT2D eigenvalue weighted by molar-refractivity contribution is 5.71. The second-order valence-corrected chi connectivity index (χ2v) is 16.3. The molecule has 0 aliphatic rings. The van der Waals surface area contributed by atoms with Crippen molar-refractivity contribution in [3.8, 4) is 0 Å². The number of rotatable bonds is 44. The molecule has 6 nitrogen and oxygen atoms in total. The van der Waals surface area contributed by atoms with E-state index >= 15 is 0 Å². The molecular weight excluding hydrogens is 793 g/mol. The van der Waals surface area contributed by atoms with E-state index in [0.29, 0.717) is 12.8 Å². The number of ether oxygens (including phenoxy) is 3. The summed E-state index contributed by atoms with van der Waals surface area (Å²) >= 11 is 0. The van der Waals surface area contributed by atoms with E-state index in [1.54, 1.807) is 0 Å². The van der Waals surface area contributed by atoms with Crippen molar-refractivity contribution < 1.29 is 28.6 Å². The van der Waals surface area contributed by atoms with Gasteiger partial charge >= 0.3 is 17.9 Å². The Bertz CT molecular complexity index is 1390. The topological polar surface area (TPSA) is 78.9 Å². The van der Waals surface area contributed by atoms with Crippen molar-refractivity contribution >= 4 is 17.9 Å². The molecule has 0 radical (unpaired) electrons. The third kappa shape index (κ3) is 48.8. The van der Waals surface area contributed by atoms with Gasteiger partial charge in [0.15, 0.2) is 6.10 Å². The van der Waals surface area contributed by atoms with Crippen LogP contribution in [-0.4, -0.2) is 37.2 Å². The van der Waals surface area contributed by atoms with Gasteiger partial charge in [-0.1, -0.05) is 187 Å². The Morgan fingerprint density at radius 1 is 0.328 bits per heavy atom. The number of carbonyl (C=O) groups excluding carboxylic acids is 3. The first-order valence-corrected chi connectivity index (χ1v) is 25.5. The van der Waals surface area contributed by atoms with Gasteiger partial charge in [0.2, 0.25) is 0 Å². The first-order chi connectivity index (χ1) is 31.5. The van der Waals surface area contributed by atoms with Gasteiger partial charge in [-0.3, -0.25) is 14.4 Å². The van der Waals surface area contributed by atoms with E-state index in [1.165, 1.54) is 12.8 Å². The van der Waals surface area contributed by atoms with Crippen LogP contribution in [0, 0.1) is 0 Å². The Balaban J connectivity index is 4.42. The number of esters is 3. The van der Waals surface area contributed by atoms with Crippen molar-refractivity contribution in [3.63, 3.8) is 0 Å². The molecule has 360 valence electrons. The summed E-state index contributed by atoms with van der Waals surface area (Å²) in [7, 11) is 0. The first-order valence-electron chi connectivity index (χ1n) is 25.5. The number of hydrogen-bond acceptors (Lipinski definition) is 6. The molecule has 0 saturated carbocycles. The van der Waals surface area contributed by atoms with Crippen molar-refractivity contribution in [2.75, 3.05) is 13.2 Å². The Morgan fingerprint density at radius 2 is 0.609 bits per heavy atom. The van der Waals surface area contributed by atoms with E-state index in [9.17, 15) is 14.4 Å². The summed E-state index contributed by atoms with van der Waals surface area (Å²) in [5, 5.41) is 0. The van der Waals surface area contributed by atoms with Crippen LogP contribution in [0.2, 0.25) is 0 Å². The summed E-state index contributed by atoms with van der Waals surface area (Å²) in [4.78, 5) is 37.9. The molecule has 0 aromatic carbocycles. The highest BCUT2D eigenvalue weighted by Gasteiger charge is 2.19. The minimum absolute atomic E-state index is 0.106. The van der Waals surface area contributed by atoms with Crippen LogP contribution in [0.3, 0.4) is 0 Å². The summed E-state index contributed by atoms with van der Waals surface area (Å²) in [5.41, 5.74) is 0. The van der Waals surface area contributed by atoms with Crippen molar-refractivity contribution in [3.05, 3.63) is 122 Å². The van der Waals surface area contributed by atoms with Crippen molar-refractivity contribution in [2.24, 2.45) is 0 Å². The molecule has 6 heteroatoms. The van der Waals surface area contributed by atoms with E-state index in [4.69, 9.17) is 14.2 Å². The third-order valence-corrected chi connectivity index (χ3v) is 10.2. The molecule has 1 atom stereocenters. The monoisotopic (exact) mass is 885 g/mol. The summed E-state index contributed by atoms with van der Waals surface area (Å²) in [6, 6.07) is 0. The lowest BCUT2D eigenvalue weighted by molar-refractivity contribution is -0.167. The Labute approximate surface area is 392 Å². The SMILES string of the molecule is CC/C=C\C/C=C\C/C=C\C/C=C\C/C=C\C/C=C\CCCCCCC(=O)OCC(COC(=O)CCCCCCC/C=C\CCC)OC(=O)CCCCC/C=C\C/C=C\C/C=C\CC. The molecular formula is C58H92O6. The van der Waals surface area contributed by atoms with Crippen LogP contribution in [0.25, 0.3) is 0 Å². The molecule has 0 aliphatic carbocycles. The molecule has 1 unspecified atom stereocenters. The highest BCUT2D eigenvalue weighted by Crippen LogP contribution is 2.12. The van der Waals surface area contributed by atoms with Gasteiger partial charge in [0.05, 0.1) is 0 Å². The van der Waals surface area contributed by atoms with Crippen LogP contribution < -0.4 is 0 Å². The van der Waals surface area contributed by atoms with Gasteiger partial charge in [0.1, 0.15) is 13.2 Å². The van der Waals surface area contributed by atoms with Crippen LogP contribution >= 0.6 is 0 Å². The number of allylic oxidation sites excluding steroid dienone is 20. The third-order valence-electron chi connectivity index (χ3n) is 10.2. The van der Waals surface area contributed by atoms with E-state index in [-0.39, 0.29) is 37.5 Å². The van der Waals surface area contributed by atoms with Crippen LogP contribution in [0.1, 0.15) is 207 Å². The maximum Gasteiger partial charge on any atom is 0.306 e. The lowest BCUT2D eigenvalue weighted by Crippen LogP contribution is -2.30. The molecule has 64 heavy (non-hydrogen) atoms. The van der Waals surface area contributed by atoms with Crippen LogP contribution in [-0.2, 0) is 28.6 Å². The average Bonchev–Trinajstić information content (AvgIpc) is 3.29. The molecule has 0 fully saturated rings. The van der Waals surface area contributed by atoms with Crippen molar-refractivity contribution in [1.29, 1.82) is 0 Å². The Kier molecular flexibility index (Phi) is 48.1. The molecule has 0 aromatic heterocycles.